The number of hydrogen-bond donors (Lipinski definition) is 2. The molecule has 0 saturated heterocycles. The zero-order valence-electron chi connectivity index (χ0n) is 12.2. The van der Waals surface area contributed by atoms with E-state index in [1.54, 1.807) is 18.3 Å². The molecule has 3 aromatic rings. The number of pyridine rings is 1. The summed E-state index contributed by atoms with van der Waals surface area (Å²) in [4.78, 5) is 16.1. The first-order valence-corrected chi connectivity index (χ1v) is 6.99. The molecule has 2 heterocycles. The van der Waals surface area contributed by atoms with Gasteiger partial charge in [-0.25, -0.2) is 0 Å². The number of amides is 1. The van der Waals surface area contributed by atoms with E-state index >= 15 is 0 Å². The van der Waals surface area contributed by atoms with Crippen LogP contribution >= 0.6 is 0 Å². The molecule has 0 atom stereocenters. The molecule has 6 nitrogen and oxygen atoms in total. The van der Waals surface area contributed by atoms with Crippen molar-refractivity contribution in [2.75, 3.05) is 0 Å². The predicted molar refractivity (Wildman–Crippen MR) is 84.1 cm³/mol. The van der Waals surface area contributed by atoms with Crippen molar-refractivity contribution in [2.24, 2.45) is 0 Å². The Bertz CT molecular complexity index is 864. The Labute approximate surface area is 132 Å². The molecule has 0 bridgehead atoms. The van der Waals surface area contributed by atoms with Crippen LogP contribution in [0.2, 0.25) is 0 Å². The molecule has 112 valence electrons. The molecule has 23 heavy (non-hydrogen) atoms. The highest BCUT2D eigenvalue weighted by molar-refractivity contribution is 5.93. The molecule has 3 rings (SSSR count). The van der Waals surface area contributed by atoms with Crippen molar-refractivity contribution in [3.8, 4) is 17.3 Å². The Kier molecular flexibility index (Phi) is 4.11. The summed E-state index contributed by atoms with van der Waals surface area (Å²) in [5.74, 6) is -0.262. The summed E-state index contributed by atoms with van der Waals surface area (Å²) in [5, 5.41) is 18.5. The van der Waals surface area contributed by atoms with Crippen molar-refractivity contribution in [1.82, 2.24) is 20.5 Å². The Hall–Kier alpha value is -3.46. The molecular weight excluding hydrogens is 290 g/mol. The maximum atomic E-state index is 12.1. The molecule has 2 N–H and O–H groups in total. The summed E-state index contributed by atoms with van der Waals surface area (Å²) in [6.45, 7) is 0.293. The van der Waals surface area contributed by atoms with E-state index in [-0.39, 0.29) is 5.91 Å². The van der Waals surface area contributed by atoms with E-state index in [4.69, 9.17) is 5.26 Å². The Morgan fingerprint density at radius 3 is 2.83 bits per heavy atom. The standard InChI is InChI=1S/C17H13N5O/c18-8-12-6-13(10-19-9-12)11-20-17(23)16-7-15(21-22-16)14-4-2-1-3-5-14/h1-7,9-10H,11H2,(H,20,23)(H,21,22). The number of aromatic nitrogens is 3. The van der Waals surface area contributed by atoms with Crippen molar-refractivity contribution in [1.29, 1.82) is 5.26 Å². The largest absolute Gasteiger partial charge is 0.347 e. The van der Waals surface area contributed by atoms with Gasteiger partial charge in [-0.3, -0.25) is 14.9 Å². The molecule has 0 unspecified atom stereocenters. The van der Waals surface area contributed by atoms with Gasteiger partial charge in [-0.2, -0.15) is 10.4 Å². The molecule has 1 aromatic carbocycles. The van der Waals surface area contributed by atoms with Crippen molar-refractivity contribution in [3.05, 3.63) is 71.7 Å². The van der Waals surface area contributed by atoms with Gasteiger partial charge < -0.3 is 5.32 Å². The highest BCUT2D eigenvalue weighted by atomic mass is 16.1. The third kappa shape index (κ3) is 3.41. The minimum atomic E-state index is -0.262. The van der Waals surface area contributed by atoms with Gasteiger partial charge in [0.2, 0.25) is 0 Å². The van der Waals surface area contributed by atoms with Gasteiger partial charge in [-0.1, -0.05) is 30.3 Å². The van der Waals surface area contributed by atoms with Crippen molar-refractivity contribution < 1.29 is 4.79 Å². The van der Waals surface area contributed by atoms with Gasteiger partial charge in [-0.05, 0) is 17.7 Å². The van der Waals surface area contributed by atoms with Crippen LogP contribution in [-0.2, 0) is 6.54 Å². The van der Waals surface area contributed by atoms with Crippen LogP contribution < -0.4 is 5.32 Å². The molecule has 0 aliphatic carbocycles. The molecule has 0 aliphatic heterocycles. The van der Waals surface area contributed by atoms with Crippen molar-refractivity contribution >= 4 is 5.91 Å². The number of hydrogen-bond acceptors (Lipinski definition) is 4. The number of aromatic amines is 1. The predicted octanol–water partition coefficient (Wildman–Crippen LogP) is 2.27. The van der Waals surface area contributed by atoms with Crippen LogP contribution in [0.15, 0.2) is 54.9 Å². The van der Waals surface area contributed by atoms with Gasteiger partial charge in [-0.15, -0.1) is 0 Å². The smallest absolute Gasteiger partial charge is 0.269 e. The zero-order chi connectivity index (χ0) is 16.1. The monoisotopic (exact) mass is 303 g/mol. The summed E-state index contributed by atoms with van der Waals surface area (Å²) in [6, 6.07) is 15.0. The second kappa shape index (κ2) is 6.54. The molecule has 1 amide bonds. The second-order valence-corrected chi connectivity index (χ2v) is 4.91. The second-order valence-electron chi connectivity index (χ2n) is 4.91. The van der Waals surface area contributed by atoms with E-state index in [1.165, 1.54) is 6.20 Å². The molecule has 2 aromatic heterocycles. The number of nitriles is 1. The van der Waals surface area contributed by atoms with Gasteiger partial charge in [0.1, 0.15) is 11.8 Å². The summed E-state index contributed by atoms with van der Waals surface area (Å²) in [5.41, 5.74) is 3.26. The van der Waals surface area contributed by atoms with E-state index < -0.39 is 0 Å². The van der Waals surface area contributed by atoms with Gasteiger partial charge in [0.15, 0.2) is 0 Å². The number of benzene rings is 1. The molecule has 0 saturated carbocycles. The highest BCUT2D eigenvalue weighted by Crippen LogP contribution is 2.16. The summed E-state index contributed by atoms with van der Waals surface area (Å²) < 4.78 is 0. The summed E-state index contributed by atoms with van der Waals surface area (Å²) in [6.07, 6.45) is 3.09. The number of nitrogens with zero attached hydrogens (tertiary/aromatic N) is 3. The van der Waals surface area contributed by atoms with Gasteiger partial charge in [0, 0.05) is 24.5 Å². The molecule has 0 radical (unpaired) electrons. The quantitative estimate of drug-likeness (QED) is 0.773. The van der Waals surface area contributed by atoms with Crippen molar-refractivity contribution in [3.63, 3.8) is 0 Å². The Balaban J connectivity index is 1.67. The lowest BCUT2D eigenvalue weighted by Gasteiger charge is -2.03. The minimum Gasteiger partial charge on any atom is -0.347 e. The van der Waals surface area contributed by atoms with Crippen LogP contribution in [-0.4, -0.2) is 21.1 Å². The van der Waals surface area contributed by atoms with Crippen LogP contribution in [0.4, 0.5) is 0 Å². The third-order valence-corrected chi connectivity index (χ3v) is 3.27. The number of nitrogens with one attached hydrogen (secondary N) is 2. The van der Waals surface area contributed by atoms with E-state index in [1.807, 2.05) is 36.4 Å². The third-order valence-electron chi connectivity index (χ3n) is 3.27. The van der Waals surface area contributed by atoms with Gasteiger partial charge in [0.05, 0.1) is 11.3 Å². The van der Waals surface area contributed by atoms with E-state index in [0.717, 1.165) is 11.1 Å². The van der Waals surface area contributed by atoms with E-state index in [0.29, 0.717) is 23.5 Å². The maximum absolute atomic E-state index is 12.1. The molecular formula is C17H13N5O. The topological polar surface area (TPSA) is 94.5 Å². The fourth-order valence-electron chi connectivity index (χ4n) is 2.12. The van der Waals surface area contributed by atoms with Crippen LogP contribution in [0.3, 0.4) is 0 Å². The van der Waals surface area contributed by atoms with Gasteiger partial charge >= 0.3 is 0 Å². The SMILES string of the molecule is N#Cc1cncc(CNC(=O)c2cc(-c3ccccc3)n[nH]2)c1. The normalized spacial score (nSPS) is 10.0. The first-order chi connectivity index (χ1) is 11.3. The Morgan fingerprint density at radius 1 is 1.22 bits per heavy atom. The molecule has 0 fully saturated rings. The van der Waals surface area contributed by atoms with E-state index in [9.17, 15) is 4.79 Å². The van der Waals surface area contributed by atoms with Gasteiger partial charge in [0.25, 0.3) is 5.91 Å². The fraction of sp³-hybridized carbons (Fsp3) is 0.0588. The fourth-order valence-corrected chi connectivity index (χ4v) is 2.12. The number of H-pyrrole nitrogens is 1. The van der Waals surface area contributed by atoms with E-state index in [2.05, 4.69) is 20.5 Å². The lowest BCUT2D eigenvalue weighted by atomic mass is 10.1. The number of carbonyl (C=O) groups excluding carboxylic acids is 1. The van der Waals surface area contributed by atoms with Crippen LogP contribution in [0.1, 0.15) is 21.6 Å². The van der Waals surface area contributed by atoms with Crippen LogP contribution in [0.25, 0.3) is 11.3 Å². The maximum Gasteiger partial charge on any atom is 0.269 e. The molecule has 6 heteroatoms. The molecule has 0 spiro atoms. The minimum absolute atomic E-state index is 0.262. The Morgan fingerprint density at radius 2 is 2.04 bits per heavy atom. The lowest BCUT2D eigenvalue weighted by molar-refractivity contribution is 0.0946. The number of rotatable bonds is 4. The zero-order valence-corrected chi connectivity index (χ0v) is 12.2. The first kappa shape index (κ1) is 14.5. The summed E-state index contributed by atoms with van der Waals surface area (Å²) >= 11 is 0. The number of carbonyl (C=O) groups is 1. The van der Waals surface area contributed by atoms with Crippen molar-refractivity contribution in [2.45, 2.75) is 6.54 Å². The lowest BCUT2D eigenvalue weighted by Crippen LogP contribution is -2.23. The molecule has 0 aliphatic rings. The average molecular weight is 303 g/mol. The highest BCUT2D eigenvalue weighted by Gasteiger charge is 2.10. The average Bonchev–Trinajstić information content (AvgIpc) is 3.11. The first-order valence-electron chi connectivity index (χ1n) is 6.99. The summed E-state index contributed by atoms with van der Waals surface area (Å²) in [7, 11) is 0. The van der Waals surface area contributed by atoms with Crippen LogP contribution in [0.5, 0.6) is 0 Å². The van der Waals surface area contributed by atoms with Crippen LogP contribution in [0, 0.1) is 11.3 Å².